The van der Waals surface area contributed by atoms with Crippen molar-refractivity contribution in [3.05, 3.63) is 11.9 Å². The fraction of sp³-hybridized carbons (Fsp3) is 0.714. The minimum Gasteiger partial charge on any atom is -0.481 e. The molecule has 0 radical (unpaired) electrons. The summed E-state index contributed by atoms with van der Waals surface area (Å²) in [5.74, 6) is -0.752. The molecule has 0 aliphatic heterocycles. The predicted molar refractivity (Wildman–Crippen MR) is 86.9 cm³/mol. The molecule has 0 amide bonds. The number of nitrogens with zero attached hydrogens (tertiary/aromatic N) is 2. The maximum Gasteiger partial charge on any atom is 0.313 e. The van der Waals surface area contributed by atoms with Gasteiger partial charge in [-0.3, -0.25) is 4.79 Å². The monoisotopic (exact) mass is 316 g/mol. The van der Waals surface area contributed by atoms with Gasteiger partial charge in [0.1, 0.15) is 0 Å². The van der Waals surface area contributed by atoms with Crippen LogP contribution in [0.15, 0.2) is 11.4 Å². The van der Waals surface area contributed by atoms with Gasteiger partial charge in [0.05, 0.1) is 5.75 Å². The van der Waals surface area contributed by atoms with Crippen LogP contribution >= 0.6 is 23.5 Å². The van der Waals surface area contributed by atoms with Crippen molar-refractivity contribution in [2.75, 3.05) is 12.0 Å². The molecule has 1 aromatic heterocycles. The number of thioether (sulfide) groups is 2. The smallest absolute Gasteiger partial charge is 0.313 e. The van der Waals surface area contributed by atoms with E-state index in [2.05, 4.69) is 43.5 Å². The van der Waals surface area contributed by atoms with Gasteiger partial charge < -0.3 is 9.67 Å². The van der Waals surface area contributed by atoms with Crippen molar-refractivity contribution < 1.29 is 9.90 Å². The number of carbonyl (C=O) groups is 1. The fourth-order valence-corrected chi connectivity index (χ4v) is 2.91. The molecule has 114 valence electrons. The Morgan fingerprint density at radius 2 is 2.15 bits per heavy atom. The minimum atomic E-state index is -0.806. The van der Waals surface area contributed by atoms with Gasteiger partial charge in [0, 0.05) is 29.1 Å². The molecule has 4 nitrogen and oxygen atoms in total. The van der Waals surface area contributed by atoms with E-state index in [1.165, 1.54) is 17.5 Å². The highest BCUT2D eigenvalue weighted by Crippen LogP contribution is 2.28. The van der Waals surface area contributed by atoms with Crippen LogP contribution in [0.3, 0.4) is 0 Å². The summed E-state index contributed by atoms with van der Waals surface area (Å²) in [6.07, 6.45) is 5.05. The van der Waals surface area contributed by atoms with Gasteiger partial charge in [0.25, 0.3) is 0 Å². The number of hydrogen-bond acceptors (Lipinski definition) is 4. The lowest BCUT2D eigenvalue weighted by Gasteiger charge is -2.22. The van der Waals surface area contributed by atoms with Crippen molar-refractivity contribution in [1.82, 2.24) is 9.55 Å². The Kier molecular flexibility index (Phi) is 6.45. The Labute approximate surface area is 129 Å². The van der Waals surface area contributed by atoms with Crippen molar-refractivity contribution >= 4 is 29.5 Å². The van der Waals surface area contributed by atoms with Crippen LogP contribution in [0, 0.1) is 0 Å². The molecule has 0 spiro atoms. The Bertz CT molecular complexity index is 453. The van der Waals surface area contributed by atoms with Crippen LogP contribution in [-0.2, 0) is 16.8 Å². The average molecular weight is 316 g/mol. The third-order valence-electron chi connectivity index (χ3n) is 3.07. The lowest BCUT2D eigenvalue weighted by Crippen LogP contribution is -2.19. The molecule has 0 saturated carbocycles. The Hall–Kier alpha value is -0.620. The largest absolute Gasteiger partial charge is 0.481 e. The predicted octanol–water partition coefficient (Wildman–Crippen LogP) is 3.50. The first-order valence-corrected chi connectivity index (χ1v) is 8.96. The highest BCUT2D eigenvalue weighted by atomic mass is 32.2. The quantitative estimate of drug-likeness (QED) is 0.780. The first kappa shape index (κ1) is 17.4. The van der Waals surface area contributed by atoms with Gasteiger partial charge in [-0.1, -0.05) is 39.5 Å². The van der Waals surface area contributed by atoms with Crippen LogP contribution in [0.5, 0.6) is 0 Å². The molecule has 1 rings (SSSR count). The zero-order chi connectivity index (χ0) is 15.3. The third kappa shape index (κ3) is 5.05. The van der Waals surface area contributed by atoms with Gasteiger partial charge in [0.2, 0.25) is 0 Å². The molecule has 0 aliphatic carbocycles. The normalized spacial score (nSPS) is 13.4. The molecule has 0 saturated heterocycles. The van der Waals surface area contributed by atoms with E-state index in [0.29, 0.717) is 5.25 Å². The average Bonchev–Trinajstić information content (AvgIpc) is 2.76. The van der Waals surface area contributed by atoms with Crippen LogP contribution in [0.1, 0.15) is 39.8 Å². The number of carboxylic acids is 1. The van der Waals surface area contributed by atoms with Crippen molar-refractivity contribution in [2.45, 2.75) is 56.5 Å². The van der Waals surface area contributed by atoms with Crippen LogP contribution in [0.4, 0.5) is 0 Å². The number of rotatable bonds is 7. The summed E-state index contributed by atoms with van der Waals surface area (Å²) in [5.41, 5.74) is 1.18. The van der Waals surface area contributed by atoms with E-state index in [0.717, 1.165) is 18.1 Å². The molecule has 1 heterocycles. The van der Waals surface area contributed by atoms with Crippen molar-refractivity contribution in [2.24, 2.45) is 0 Å². The van der Waals surface area contributed by atoms with Crippen molar-refractivity contribution in [3.63, 3.8) is 0 Å². The minimum absolute atomic E-state index is 0.0115. The number of carboxylic acid groups (broad SMARTS) is 1. The summed E-state index contributed by atoms with van der Waals surface area (Å²) < 4.78 is 2.18. The molecule has 6 heteroatoms. The summed E-state index contributed by atoms with van der Waals surface area (Å²) in [6.45, 7) is 9.57. The third-order valence-corrected chi connectivity index (χ3v) is 5.09. The molecule has 1 aromatic rings. The highest BCUT2D eigenvalue weighted by molar-refractivity contribution is 7.99. The number of hydrogen-bond donors (Lipinski definition) is 1. The second kappa shape index (κ2) is 7.41. The molecular weight excluding hydrogens is 292 g/mol. The Morgan fingerprint density at radius 3 is 2.65 bits per heavy atom. The molecule has 0 aromatic carbocycles. The van der Waals surface area contributed by atoms with Crippen LogP contribution in [-0.4, -0.2) is 37.9 Å². The van der Waals surface area contributed by atoms with E-state index in [1.807, 2.05) is 18.0 Å². The fourth-order valence-electron chi connectivity index (χ4n) is 1.84. The summed E-state index contributed by atoms with van der Waals surface area (Å²) in [4.78, 5) is 15.2. The van der Waals surface area contributed by atoms with Gasteiger partial charge in [-0.25, -0.2) is 4.98 Å². The lowest BCUT2D eigenvalue weighted by atomic mass is 9.92. The molecule has 0 bridgehead atoms. The van der Waals surface area contributed by atoms with E-state index in [9.17, 15) is 4.79 Å². The standard InChI is InChI=1S/C14H24N2O2S2/c1-10(19-5)6-7-16-11(14(2,3)4)8-15-13(16)20-9-12(17)18/h8,10H,6-7,9H2,1-5H3,(H,17,18). The maximum atomic E-state index is 10.7. The molecule has 1 atom stereocenters. The van der Waals surface area contributed by atoms with Gasteiger partial charge in [-0.15, -0.1) is 0 Å². The molecule has 1 N–H and O–H groups in total. The van der Waals surface area contributed by atoms with Gasteiger partial charge in [0.15, 0.2) is 5.16 Å². The molecule has 20 heavy (non-hydrogen) atoms. The summed E-state index contributed by atoms with van der Waals surface area (Å²) in [7, 11) is 0. The first-order valence-electron chi connectivity index (χ1n) is 6.69. The molecule has 1 unspecified atom stereocenters. The Balaban J connectivity index is 2.94. The van der Waals surface area contributed by atoms with E-state index in [-0.39, 0.29) is 11.2 Å². The summed E-state index contributed by atoms with van der Waals surface area (Å²) in [6, 6.07) is 0. The zero-order valence-corrected chi connectivity index (χ0v) is 14.5. The lowest BCUT2D eigenvalue weighted by molar-refractivity contribution is -0.133. The molecule has 0 aliphatic rings. The van der Waals surface area contributed by atoms with Crippen LogP contribution < -0.4 is 0 Å². The number of imidazole rings is 1. The summed E-state index contributed by atoms with van der Waals surface area (Å²) >= 11 is 3.15. The maximum absolute atomic E-state index is 10.7. The topological polar surface area (TPSA) is 55.1 Å². The van der Waals surface area contributed by atoms with Crippen LogP contribution in [0.2, 0.25) is 0 Å². The van der Waals surface area contributed by atoms with E-state index < -0.39 is 5.97 Å². The molecular formula is C14H24N2O2S2. The van der Waals surface area contributed by atoms with Gasteiger partial charge >= 0.3 is 5.97 Å². The molecule has 0 fully saturated rings. The first-order chi connectivity index (χ1) is 9.25. The van der Waals surface area contributed by atoms with E-state index in [1.54, 1.807) is 0 Å². The number of aliphatic carboxylic acids is 1. The summed E-state index contributed by atoms with van der Waals surface area (Å²) in [5, 5.41) is 10.2. The van der Waals surface area contributed by atoms with E-state index >= 15 is 0 Å². The zero-order valence-electron chi connectivity index (χ0n) is 12.8. The van der Waals surface area contributed by atoms with Gasteiger partial charge in [-0.2, -0.15) is 11.8 Å². The van der Waals surface area contributed by atoms with Crippen molar-refractivity contribution in [3.8, 4) is 0 Å². The second-order valence-electron chi connectivity index (χ2n) is 5.85. The van der Waals surface area contributed by atoms with E-state index in [4.69, 9.17) is 5.11 Å². The number of aromatic nitrogens is 2. The van der Waals surface area contributed by atoms with Gasteiger partial charge in [-0.05, 0) is 12.7 Å². The van der Waals surface area contributed by atoms with Crippen molar-refractivity contribution in [1.29, 1.82) is 0 Å². The Morgan fingerprint density at radius 1 is 1.50 bits per heavy atom. The second-order valence-corrected chi connectivity index (χ2v) is 8.06. The highest BCUT2D eigenvalue weighted by Gasteiger charge is 2.22. The SMILES string of the molecule is CSC(C)CCn1c(C(C)(C)C)cnc1SCC(=O)O. The van der Waals surface area contributed by atoms with Crippen LogP contribution in [0.25, 0.3) is 0 Å².